The third-order valence-corrected chi connectivity index (χ3v) is 6.56. The molecule has 0 N–H and O–H groups in total. The van der Waals surface area contributed by atoms with Crippen LogP contribution in [0.25, 0.3) is 0 Å². The summed E-state index contributed by atoms with van der Waals surface area (Å²) < 4.78 is 32.4. The Kier molecular flexibility index (Phi) is 5.02. The van der Waals surface area contributed by atoms with Crippen LogP contribution in [0.5, 0.6) is 5.75 Å². The average molecular weight is 374 g/mol. The van der Waals surface area contributed by atoms with Crippen LogP contribution < -0.4 is 9.64 Å². The van der Waals surface area contributed by atoms with Gasteiger partial charge in [-0.25, -0.2) is 8.42 Å². The van der Waals surface area contributed by atoms with Crippen LogP contribution in [0.2, 0.25) is 0 Å². The third-order valence-electron chi connectivity index (χ3n) is 4.57. The predicted molar refractivity (Wildman–Crippen MR) is 99.9 cm³/mol. The van der Waals surface area contributed by atoms with E-state index in [1.807, 2.05) is 25.1 Å². The first kappa shape index (κ1) is 18.4. The minimum absolute atomic E-state index is 0.196. The summed E-state index contributed by atoms with van der Waals surface area (Å²) in [6, 6.07) is 13.0. The van der Waals surface area contributed by atoms with Crippen LogP contribution in [-0.2, 0) is 14.8 Å². The van der Waals surface area contributed by atoms with Gasteiger partial charge in [0.15, 0.2) is 0 Å². The molecular weight excluding hydrogens is 352 g/mol. The molecule has 0 aromatic heterocycles. The lowest BCUT2D eigenvalue weighted by Crippen LogP contribution is -2.57. The SMILES string of the molecule is COc1ccc(C)cc1N1CCN(S(=O)(=O)c2ccccc2)C(C)C1=O. The number of piperazine rings is 1. The fraction of sp³-hybridized carbons (Fsp3) is 0.316. The van der Waals surface area contributed by atoms with Crippen LogP contribution in [0.3, 0.4) is 0 Å². The molecule has 1 aliphatic heterocycles. The summed E-state index contributed by atoms with van der Waals surface area (Å²) in [6.45, 7) is 4.06. The van der Waals surface area contributed by atoms with E-state index in [0.717, 1.165) is 5.56 Å². The second kappa shape index (κ2) is 7.09. The molecule has 0 saturated carbocycles. The monoisotopic (exact) mass is 374 g/mol. The largest absolute Gasteiger partial charge is 0.495 e. The zero-order chi connectivity index (χ0) is 18.9. The van der Waals surface area contributed by atoms with Crippen molar-refractivity contribution in [2.24, 2.45) is 0 Å². The molecular formula is C19H22N2O4S. The highest BCUT2D eigenvalue weighted by Gasteiger charge is 2.40. The van der Waals surface area contributed by atoms with E-state index in [1.165, 1.54) is 4.31 Å². The summed E-state index contributed by atoms with van der Waals surface area (Å²) in [6.07, 6.45) is 0. The maximum Gasteiger partial charge on any atom is 0.245 e. The fourth-order valence-electron chi connectivity index (χ4n) is 3.16. The number of anilines is 1. The molecule has 2 aromatic rings. The number of ether oxygens (including phenoxy) is 1. The topological polar surface area (TPSA) is 66.9 Å². The number of sulfonamides is 1. The zero-order valence-electron chi connectivity index (χ0n) is 15.0. The molecule has 0 aliphatic carbocycles. The summed E-state index contributed by atoms with van der Waals surface area (Å²) >= 11 is 0. The van der Waals surface area contributed by atoms with Crippen LogP contribution in [0.1, 0.15) is 12.5 Å². The molecule has 0 bridgehead atoms. The molecule has 3 rings (SSSR count). The van der Waals surface area contributed by atoms with E-state index < -0.39 is 16.1 Å². The lowest BCUT2D eigenvalue weighted by atomic mass is 10.1. The third kappa shape index (κ3) is 3.20. The number of nitrogens with zero attached hydrogens (tertiary/aromatic N) is 2. The van der Waals surface area contributed by atoms with Gasteiger partial charge in [0.05, 0.1) is 17.7 Å². The van der Waals surface area contributed by atoms with Crippen molar-refractivity contribution in [3.63, 3.8) is 0 Å². The average Bonchev–Trinajstić information content (AvgIpc) is 2.64. The molecule has 138 valence electrons. The van der Waals surface area contributed by atoms with Crippen LogP contribution in [0, 0.1) is 6.92 Å². The summed E-state index contributed by atoms with van der Waals surface area (Å²) in [5.41, 5.74) is 1.67. The Bertz CT molecular complexity index is 912. The summed E-state index contributed by atoms with van der Waals surface area (Å²) in [5, 5.41) is 0. The van der Waals surface area contributed by atoms with Gasteiger partial charge in [-0.05, 0) is 43.7 Å². The van der Waals surface area contributed by atoms with Gasteiger partial charge >= 0.3 is 0 Å². The molecule has 26 heavy (non-hydrogen) atoms. The van der Waals surface area contributed by atoms with Crippen molar-refractivity contribution in [2.45, 2.75) is 24.8 Å². The van der Waals surface area contributed by atoms with Gasteiger partial charge in [0.1, 0.15) is 11.8 Å². The Labute approximate surface area is 154 Å². The maximum absolute atomic E-state index is 13.0. The molecule has 0 spiro atoms. The first-order chi connectivity index (χ1) is 12.4. The van der Waals surface area contributed by atoms with Crippen molar-refractivity contribution in [1.29, 1.82) is 0 Å². The molecule has 1 unspecified atom stereocenters. The number of hydrogen-bond acceptors (Lipinski definition) is 4. The van der Waals surface area contributed by atoms with Gasteiger partial charge in [-0.3, -0.25) is 4.79 Å². The Balaban J connectivity index is 1.92. The number of methoxy groups -OCH3 is 1. The number of carbonyl (C=O) groups is 1. The van der Waals surface area contributed by atoms with Gasteiger partial charge in [0.2, 0.25) is 15.9 Å². The Morgan fingerprint density at radius 2 is 1.77 bits per heavy atom. The van der Waals surface area contributed by atoms with Gasteiger partial charge in [-0.15, -0.1) is 0 Å². The molecule has 6 nitrogen and oxygen atoms in total. The van der Waals surface area contributed by atoms with Gasteiger partial charge in [0, 0.05) is 13.1 Å². The van der Waals surface area contributed by atoms with E-state index in [4.69, 9.17) is 4.74 Å². The second-order valence-corrected chi connectivity index (χ2v) is 8.16. The predicted octanol–water partition coefficient (Wildman–Crippen LogP) is 2.43. The van der Waals surface area contributed by atoms with Crippen LogP contribution in [0.15, 0.2) is 53.4 Å². The van der Waals surface area contributed by atoms with Crippen molar-refractivity contribution in [2.75, 3.05) is 25.1 Å². The van der Waals surface area contributed by atoms with Crippen molar-refractivity contribution in [3.8, 4) is 5.75 Å². The van der Waals surface area contributed by atoms with Gasteiger partial charge in [-0.2, -0.15) is 4.31 Å². The van der Waals surface area contributed by atoms with Gasteiger partial charge in [0.25, 0.3) is 0 Å². The van der Waals surface area contributed by atoms with Gasteiger partial charge in [-0.1, -0.05) is 24.3 Å². The summed E-state index contributed by atoms with van der Waals surface area (Å²) in [5.74, 6) is 0.329. The Morgan fingerprint density at radius 1 is 1.08 bits per heavy atom. The Morgan fingerprint density at radius 3 is 2.42 bits per heavy atom. The van der Waals surface area contributed by atoms with Crippen molar-refractivity contribution in [3.05, 3.63) is 54.1 Å². The number of amides is 1. The van der Waals surface area contributed by atoms with E-state index in [9.17, 15) is 13.2 Å². The first-order valence-electron chi connectivity index (χ1n) is 8.39. The molecule has 7 heteroatoms. The quantitative estimate of drug-likeness (QED) is 0.824. The van der Waals surface area contributed by atoms with E-state index in [2.05, 4.69) is 0 Å². The summed E-state index contributed by atoms with van der Waals surface area (Å²) in [7, 11) is -2.17. The van der Waals surface area contributed by atoms with E-state index in [1.54, 1.807) is 49.3 Å². The number of hydrogen-bond donors (Lipinski definition) is 0. The van der Waals surface area contributed by atoms with E-state index >= 15 is 0 Å². The molecule has 1 heterocycles. The number of benzene rings is 2. The Hall–Kier alpha value is -2.38. The van der Waals surface area contributed by atoms with E-state index in [-0.39, 0.29) is 23.9 Å². The number of rotatable bonds is 4. The van der Waals surface area contributed by atoms with Crippen LogP contribution in [0.4, 0.5) is 5.69 Å². The minimum atomic E-state index is -3.72. The highest BCUT2D eigenvalue weighted by Crippen LogP contribution is 2.32. The molecule has 1 atom stereocenters. The first-order valence-corrected chi connectivity index (χ1v) is 9.83. The minimum Gasteiger partial charge on any atom is -0.495 e. The highest BCUT2D eigenvalue weighted by atomic mass is 32.2. The summed E-state index contributed by atoms with van der Waals surface area (Å²) in [4.78, 5) is 14.8. The lowest BCUT2D eigenvalue weighted by molar-refractivity contribution is -0.123. The maximum atomic E-state index is 13.0. The molecule has 1 aliphatic rings. The van der Waals surface area contributed by atoms with Crippen LogP contribution >= 0.6 is 0 Å². The fourth-order valence-corrected chi connectivity index (χ4v) is 4.76. The molecule has 0 radical (unpaired) electrons. The lowest BCUT2D eigenvalue weighted by Gasteiger charge is -2.38. The zero-order valence-corrected chi connectivity index (χ0v) is 15.9. The van der Waals surface area contributed by atoms with E-state index in [0.29, 0.717) is 11.4 Å². The molecule has 1 saturated heterocycles. The molecule has 2 aromatic carbocycles. The highest BCUT2D eigenvalue weighted by molar-refractivity contribution is 7.89. The van der Waals surface area contributed by atoms with Crippen molar-refractivity contribution in [1.82, 2.24) is 4.31 Å². The van der Waals surface area contributed by atoms with Crippen molar-refractivity contribution < 1.29 is 17.9 Å². The van der Waals surface area contributed by atoms with Gasteiger partial charge < -0.3 is 9.64 Å². The van der Waals surface area contributed by atoms with Crippen LogP contribution in [-0.4, -0.2) is 44.9 Å². The standard InChI is InChI=1S/C19H22N2O4S/c1-14-9-10-18(25-3)17(13-14)20-11-12-21(15(2)19(20)22)26(23,24)16-7-5-4-6-8-16/h4-10,13,15H,11-12H2,1-3H3. The molecule has 1 amide bonds. The number of carbonyl (C=O) groups excluding carboxylic acids is 1. The second-order valence-electron chi connectivity index (χ2n) is 6.27. The molecule has 1 fully saturated rings. The van der Waals surface area contributed by atoms with Crippen molar-refractivity contribution >= 4 is 21.6 Å². The number of aryl methyl sites for hydroxylation is 1. The smallest absolute Gasteiger partial charge is 0.245 e. The normalized spacial score (nSPS) is 18.8.